The SMILES string of the molecule is CC1(C)c2cc(N(c3ccc(C4CCCCC4)cc3)c3ccc(C4CCCCC4)cc3)ccc2-c2c(-c3ccccc3)cc(-c3ccccc3)cc21. The second-order valence-electron chi connectivity index (χ2n) is 16.2. The summed E-state index contributed by atoms with van der Waals surface area (Å²) >= 11 is 0. The lowest BCUT2D eigenvalue weighted by Crippen LogP contribution is -2.17. The minimum Gasteiger partial charge on any atom is -0.310 e. The molecule has 0 saturated heterocycles. The molecule has 260 valence electrons. The summed E-state index contributed by atoms with van der Waals surface area (Å²) in [6, 6.07) is 53.2. The number of nitrogens with zero attached hydrogens (tertiary/aromatic N) is 1. The zero-order valence-electron chi connectivity index (χ0n) is 31.0. The Morgan fingerprint density at radius 2 is 0.923 bits per heavy atom. The van der Waals surface area contributed by atoms with Crippen LogP contribution in [0.4, 0.5) is 17.1 Å². The van der Waals surface area contributed by atoms with Gasteiger partial charge in [-0.3, -0.25) is 0 Å². The monoisotopic (exact) mass is 677 g/mol. The predicted molar refractivity (Wildman–Crippen MR) is 221 cm³/mol. The third kappa shape index (κ3) is 6.09. The second kappa shape index (κ2) is 13.9. The fourth-order valence-corrected chi connectivity index (χ4v) is 9.73. The summed E-state index contributed by atoms with van der Waals surface area (Å²) in [4.78, 5) is 2.50. The topological polar surface area (TPSA) is 3.24 Å². The summed E-state index contributed by atoms with van der Waals surface area (Å²) in [5.41, 5.74) is 17.2. The van der Waals surface area contributed by atoms with Gasteiger partial charge in [-0.05, 0) is 142 Å². The highest BCUT2D eigenvalue weighted by Crippen LogP contribution is 2.55. The fraction of sp³-hybridized carbons (Fsp3) is 0.294. The van der Waals surface area contributed by atoms with Crippen LogP contribution in [0.5, 0.6) is 0 Å². The Bertz CT molecular complexity index is 2080. The lowest BCUT2D eigenvalue weighted by Gasteiger charge is -2.29. The van der Waals surface area contributed by atoms with Gasteiger partial charge >= 0.3 is 0 Å². The average molecular weight is 678 g/mol. The van der Waals surface area contributed by atoms with Gasteiger partial charge in [0, 0.05) is 22.5 Å². The molecule has 0 heterocycles. The zero-order chi connectivity index (χ0) is 35.1. The van der Waals surface area contributed by atoms with E-state index in [1.807, 2.05) is 0 Å². The highest BCUT2D eigenvalue weighted by molar-refractivity contribution is 5.96. The Morgan fingerprint density at radius 1 is 0.423 bits per heavy atom. The highest BCUT2D eigenvalue weighted by Gasteiger charge is 2.38. The quantitative estimate of drug-likeness (QED) is 0.163. The third-order valence-electron chi connectivity index (χ3n) is 12.7. The van der Waals surface area contributed by atoms with Crippen LogP contribution in [0.2, 0.25) is 0 Å². The molecule has 52 heavy (non-hydrogen) atoms. The van der Waals surface area contributed by atoms with E-state index in [4.69, 9.17) is 0 Å². The molecule has 1 nitrogen and oxygen atoms in total. The van der Waals surface area contributed by atoms with Gasteiger partial charge in [0.1, 0.15) is 0 Å². The summed E-state index contributed by atoms with van der Waals surface area (Å²) < 4.78 is 0. The summed E-state index contributed by atoms with van der Waals surface area (Å²) in [5.74, 6) is 1.40. The van der Waals surface area contributed by atoms with Crippen molar-refractivity contribution >= 4 is 17.1 Å². The number of benzene rings is 6. The average Bonchev–Trinajstić information content (AvgIpc) is 3.45. The number of anilines is 3. The van der Waals surface area contributed by atoms with Crippen molar-refractivity contribution < 1.29 is 0 Å². The molecule has 0 amide bonds. The van der Waals surface area contributed by atoms with Crippen LogP contribution in [0.15, 0.2) is 140 Å². The van der Waals surface area contributed by atoms with Gasteiger partial charge in [-0.15, -0.1) is 0 Å². The number of hydrogen-bond acceptors (Lipinski definition) is 1. The van der Waals surface area contributed by atoms with Gasteiger partial charge in [-0.2, -0.15) is 0 Å². The maximum atomic E-state index is 2.50. The van der Waals surface area contributed by atoms with Crippen molar-refractivity contribution in [2.75, 3.05) is 4.90 Å². The molecule has 6 aromatic rings. The van der Waals surface area contributed by atoms with E-state index < -0.39 is 0 Å². The minimum absolute atomic E-state index is 0.170. The normalized spacial score (nSPS) is 17.0. The van der Waals surface area contributed by atoms with E-state index in [0.717, 1.165) is 0 Å². The Labute approximate surface area is 311 Å². The Hall–Kier alpha value is -4.88. The van der Waals surface area contributed by atoms with E-state index in [0.29, 0.717) is 11.8 Å². The number of fused-ring (bicyclic) bond motifs is 3. The molecule has 6 aromatic carbocycles. The largest absolute Gasteiger partial charge is 0.310 e. The van der Waals surface area contributed by atoms with Crippen LogP contribution in [0.3, 0.4) is 0 Å². The fourth-order valence-electron chi connectivity index (χ4n) is 9.73. The second-order valence-corrected chi connectivity index (χ2v) is 16.2. The maximum absolute atomic E-state index is 2.50. The lowest BCUT2D eigenvalue weighted by molar-refractivity contribution is 0.443. The molecule has 2 saturated carbocycles. The molecule has 0 atom stereocenters. The molecule has 0 radical (unpaired) electrons. The van der Waals surface area contributed by atoms with Crippen molar-refractivity contribution in [3.05, 3.63) is 162 Å². The smallest absolute Gasteiger partial charge is 0.0465 e. The van der Waals surface area contributed by atoms with Gasteiger partial charge in [-0.25, -0.2) is 0 Å². The van der Waals surface area contributed by atoms with E-state index in [9.17, 15) is 0 Å². The lowest BCUT2D eigenvalue weighted by atomic mass is 9.80. The van der Waals surface area contributed by atoms with Crippen molar-refractivity contribution in [3.63, 3.8) is 0 Å². The Balaban J connectivity index is 1.16. The van der Waals surface area contributed by atoms with Gasteiger partial charge in [0.25, 0.3) is 0 Å². The minimum atomic E-state index is -0.170. The first-order chi connectivity index (χ1) is 25.5. The first-order valence-corrected chi connectivity index (χ1v) is 20.0. The van der Waals surface area contributed by atoms with Crippen molar-refractivity contribution in [1.82, 2.24) is 0 Å². The molecule has 0 spiro atoms. The van der Waals surface area contributed by atoms with Crippen LogP contribution < -0.4 is 4.90 Å². The van der Waals surface area contributed by atoms with Crippen LogP contribution in [0, 0.1) is 0 Å². The molecule has 3 aliphatic carbocycles. The first-order valence-electron chi connectivity index (χ1n) is 20.0. The molecule has 2 fully saturated rings. The van der Waals surface area contributed by atoms with Gasteiger partial charge < -0.3 is 4.90 Å². The maximum Gasteiger partial charge on any atom is 0.0465 e. The summed E-state index contributed by atoms with van der Waals surface area (Å²) in [6.45, 7) is 4.85. The standard InChI is InChI=1S/C51H51N/c1-51(2)48-35-45(31-32-46(48)50-47(41-21-13-6-14-22-41)33-42(34-49(50)51)38-19-11-5-12-20-38)52(43-27-23-39(24-28-43)36-15-7-3-8-16-36)44-29-25-40(26-30-44)37-17-9-4-10-18-37/h5-6,11-14,19-37H,3-4,7-10,15-18H2,1-2H3. The van der Waals surface area contributed by atoms with Gasteiger partial charge in [0.05, 0.1) is 0 Å². The van der Waals surface area contributed by atoms with E-state index >= 15 is 0 Å². The molecule has 0 unspecified atom stereocenters. The van der Waals surface area contributed by atoms with Crippen molar-refractivity contribution in [2.24, 2.45) is 0 Å². The van der Waals surface area contributed by atoms with Crippen molar-refractivity contribution in [3.8, 4) is 33.4 Å². The highest BCUT2D eigenvalue weighted by atomic mass is 15.1. The van der Waals surface area contributed by atoms with Crippen LogP contribution in [0.1, 0.15) is 112 Å². The van der Waals surface area contributed by atoms with Gasteiger partial charge in [-0.1, -0.05) is 143 Å². The van der Waals surface area contributed by atoms with Gasteiger partial charge in [0.15, 0.2) is 0 Å². The summed E-state index contributed by atoms with van der Waals surface area (Å²) in [5, 5.41) is 0. The third-order valence-corrected chi connectivity index (χ3v) is 12.7. The zero-order valence-corrected chi connectivity index (χ0v) is 31.0. The summed E-state index contributed by atoms with van der Waals surface area (Å²) in [7, 11) is 0. The van der Waals surface area contributed by atoms with Crippen LogP contribution >= 0.6 is 0 Å². The van der Waals surface area contributed by atoms with Gasteiger partial charge in [0.2, 0.25) is 0 Å². The van der Waals surface area contributed by atoms with E-state index in [-0.39, 0.29) is 5.41 Å². The van der Waals surface area contributed by atoms with Crippen LogP contribution in [-0.2, 0) is 5.41 Å². The van der Waals surface area contributed by atoms with Crippen LogP contribution in [0.25, 0.3) is 33.4 Å². The molecule has 0 N–H and O–H groups in total. The summed E-state index contributed by atoms with van der Waals surface area (Å²) in [6.07, 6.45) is 13.5. The first kappa shape index (κ1) is 33.0. The molecule has 0 bridgehead atoms. The van der Waals surface area contributed by atoms with E-state index in [1.54, 1.807) is 0 Å². The molecule has 1 heteroatoms. The Kier molecular flexibility index (Phi) is 8.83. The number of hydrogen-bond donors (Lipinski definition) is 0. The molecule has 9 rings (SSSR count). The van der Waals surface area contributed by atoms with E-state index in [2.05, 4.69) is 158 Å². The molecule has 0 aliphatic heterocycles. The number of rotatable bonds is 7. The molecule has 0 aromatic heterocycles. The van der Waals surface area contributed by atoms with Crippen LogP contribution in [-0.4, -0.2) is 0 Å². The molecule has 3 aliphatic rings. The van der Waals surface area contributed by atoms with Crippen molar-refractivity contribution in [1.29, 1.82) is 0 Å². The van der Waals surface area contributed by atoms with Crippen molar-refractivity contribution in [2.45, 2.75) is 95.3 Å². The molecular weight excluding hydrogens is 627 g/mol. The molecular formula is C51H51N. The van der Waals surface area contributed by atoms with E-state index in [1.165, 1.54) is 137 Å². The predicted octanol–water partition coefficient (Wildman–Crippen LogP) is 14.9. The Morgan fingerprint density at radius 3 is 1.46 bits per heavy atom.